The van der Waals surface area contributed by atoms with Crippen LogP contribution in [0.25, 0.3) is 0 Å². The van der Waals surface area contributed by atoms with Gasteiger partial charge in [0.05, 0.1) is 15.5 Å². The van der Waals surface area contributed by atoms with Crippen LogP contribution in [-0.4, -0.2) is 14.3 Å². The van der Waals surface area contributed by atoms with Crippen LogP contribution in [0.5, 0.6) is 0 Å². The van der Waals surface area contributed by atoms with Crippen molar-refractivity contribution in [3.63, 3.8) is 0 Å². The summed E-state index contributed by atoms with van der Waals surface area (Å²) in [5.74, 6) is -0.731. The Bertz CT molecular complexity index is 853. The number of halogens is 2. The molecule has 0 heterocycles. The number of aryl methyl sites for hydroxylation is 1. The number of carbonyl (C=O) groups excluding carboxylic acids is 1. The number of anilines is 1. The molecule has 8 heteroatoms. The number of primary amides is 1. The average molecular weight is 404 g/mol. The molecule has 2 aromatic rings. The molecule has 0 aromatic heterocycles. The minimum atomic E-state index is -3.77. The van der Waals surface area contributed by atoms with Crippen molar-refractivity contribution in [2.24, 2.45) is 5.73 Å². The van der Waals surface area contributed by atoms with Gasteiger partial charge in [0.25, 0.3) is 10.0 Å². The highest BCUT2D eigenvalue weighted by molar-refractivity contribution is 9.10. The second-order valence-corrected chi connectivity index (χ2v) is 7.52. The van der Waals surface area contributed by atoms with Crippen LogP contribution in [0.4, 0.5) is 5.69 Å². The molecule has 0 spiro atoms. The zero-order valence-electron chi connectivity index (χ0n) is 11.4. The van der Waals surface area contributed by atoms with Gasteiger partial charge in [-0.05, 0) is 48.9 Å². The lowest BCUT2D eigenvalue weighted by Crippen LogP contribution is -2.15. The molecular formula is C14H12BrClN2O3S. The monoisotopic (exact) mass is 402 g/mol. The highest BCUT2D eigenvalue weighted by atomic mass is 79.9. The number of amides is 1. The summed E-state index contributed by atoms with van der Waals surface area (Å²) in [7, 11) is -3.77. The third-order valence-corrected chi connectivity index (χ3v) is 5.52. The van der Waals surface area contributed by atoms with Crippen molar-refractivity contribution < 1.29 is 13.2 Å². The SMILES string of the molecule is Cc1cc(S(=O)(=O)Nc2ccc(Cl)c(C(N)=O)c2)ccc1Br. The average Bonchev–Trinajstić information content (AvgIpc) is 2.43. The third-order valence-electron chi connectivity index (χ3n) is 2.92. The van der Waals surface area contributed by atoms with E-state index in [0.717, 1.165) is 10.0 Å². The van der Waals surface area contributed by atoms with Crippen LogP contribution in [0.15, 0.2) is 45.8 Å². The molecule has 0 saturated heterocycles. The molecule has 0 atom stereocenters. The normalized spacial score (nSPS) is 11.2. The van der Waals surface area contributed by atoms with E-state index < -0.39 is 15.9 Å². The van der Waals surface area contributed by atoms with Gasteiger partial charge >= 0.3 is 0 Å². The molecule has 0 unspecified atom stereocenters. The Labute approximate surface area is 141 Å². The van der Waals surface area contributed by atoms with Crippen molar-refractivity contribution in [2.45, 2.75) is 11.8 Å². The summed E-state index contributed by atoms with van der Waals surface area (Å²) < 4.78 is 27.9. The summed E-state index contributed by atoms with van der Waals surface area (Å²) in [6.45, 7) is 1.79. The van der Waals surface area contributed by atoms with Gasteiger partial charge < -0.3 is 5.73 Å². The standard InChI is InChI=1S/C14H12BrClN2O3S/c1-8-6-10(3-4-12(8)15)22(20,21)18-9-2-5-13(16)11(7-9)14(17)19/h2-7,18H,1H3,(H2,17,19). The van der Waals surface area contributed by atoms with Crippen molar-refractivity contribution in [3.8, 4) is 0 Å². The second-order valence-electron chi connectivity index (χ2n) is 4.58. The molecule has 0 radical (unpaired) electrons. The Balaban J connectivity index is 2.38. The van der Waals surface area contributed by atoms with Crippen LogP contribution in [0.1, 0.15) is 15.9 Å². The topological polar surface area (TPSA) is 89.3 Å². The van der Waals surface area contributed by atoms with Gasteiger partial charge in [-0.25, -0.2) is 8.42 Å². The van der Waals surface area contributed by atoms with Crippen LogP contribution in [0.2, 0.25) is 5.02 Å². The van der Waals surface area contributed by atoms with E-state index in [1.54, 1.807) is 13.0 Å². The fourth-order valence-corrected chi connectivity index (χ4v) is 3.37. The van der Waals surface area contributed by atoms with Gasteiger partial charge in [0.15, 0.2) is 0 Å². The van der Waals surface area contributed by atoms with Crippen molar-refractivity contribution in [1.82, 2.24) is 0 Å². The van der Waals surface area contributed by atoms with E-state index in [4.69, 9.17) is 17.3 Å². The van der Waals surface area contributed by atoms with Crippen LogP contribution in [0, 0.1) is 6.92 Å². The fourth-order valence-electron chi connectivity index (χ4n) is 1.78. The van der Waals surface area contributed by atoms with Gasteiger partial charge in [-0.1, -0.05) is 27.5 Å². The molecule has 0 fully saturated rings. The largest absolute Gasteiger partial charge is 0.366 e. The zero-order chi connectivity index (χ0) is 16.5. The molecule has 5 nitrogen and oxygen atoms in total. The van der Waals surface area contributed by atoms with E-state index in [1.165, 1.54) is 30.3 Å². The van der Waals surface area contributed by atoms with Gasteiger partial charge in [0, 0.05) is 10.2 Å². The Morgan fingerprint density at radius 1 is 1.23 bits per heavy atom. The Morgan fingerprint density at radius 3 is 2.50 bits per heavy atom. The summed E-state index contributed by atoms with van der Waals surface area (Å²) in [6.07, 6.45) is 0. The summed E-state index contributed by atoms with van der Waals surface area (Å²) >= 11 is 9.15. The number of nitrogens with two attached hydrogens (primary N) is 1. The maximum atomic E-state index is 12.4. The first-order valence-electron chi connectivity index (χ1n) is 6.09. The molecule has 2 aromatic carbocycles. The summed E-state index contributed by atoms with van der Waals surface area (Å²) in [4.78, 5) is 11.4. The van der Waals surface area contributed by atoms with E-state index in [9.17, 15) is 13.2 Å². The van der Waals surface area contributed by atoms with Crippen LogP contribution < -0.4 is 10.5 Å². The highest BCUT2D eigenvalue weighted by Gasteiger charge is 2.16. The number of sulfonamides is 1. The predicted molar refractivity (Wildman–Crippen MR) is 89.7 cm³/mol. The molecule has 116 valence electrons. The van der Waals surface area contributed by atoms with E-state index in [1.807, 2.05) is 0 Å². The van der Waals surface area contributed by atoms with Crippen molar-refractivity contribution >= 4 is 49.1 Å². The molecule has 2 rings (SSSR count). The Hall–Kier alpha value is -1.57. The van der Waals surface area contributed by atoms with E-state index in [0.29, 0.717) is 0 Å². The predicted octanol–water partition coefficient (Wildman–Crippen LogP) is 3.31. The van der Waals surface area contributed by atoms with Gasteiger partial charge in [-0.15, -0.1) is 0 Å². The molecule has 0 aliphatic heterocycles. The first-order chi connectivity index (χ1) is 10.2. The van der Waals surface area contributed by atoms with Gasteiger partial charge in [0.2, 0.25) is 5.91 Å². The molecule has 0 aliphatic rings. The molecule has 1 amide bonds. The van der Waals surface area contributed by atoms with Crippen LogP contribution >= 0.6 is 27.5 Å². The smallest absolute Gasteiger partial charge is 0.261 e. The van der Waals surface area contributed by atoms with Crippen LogP contribution in [-0.2, 0) is 10.0 Å². The number of hydrogen-bond acceptors (Lipinski definition) is 3. The second kappa shape index (κ2) is 6.28. The third kappa shape index (κ3) is 3.60. The molecule has 22 heavy (non-hydrogen) atoms. The number of nitrogens with one attached hydrogen (secondary N) is 1. The first kappa shape index (κ1) is 16.8. The molecule has 3 N–H and O–H groups in total. The van der Waals surface area contributed by atoms with Gasteiger partial charge in [-0.3, -0.25) is 9.52 Å². The van der Waals surface area contributed by atoms with E-state index in [-0.39, 0.29) is 21.2 Å². The van der Waals surface area contributed by atoms with Gasteiger partial charge in [0.1, 0.15) is 0 Å². The lowest BCUT2D eigenvalue weighted by Gasteiger charge is -2.10. The lowest BCUT2D eigenvalue weighted by molar-refractivity contribution is 0.100. The molecular weight excluding hydrogens is 392 g/mol. The molecule has 0 saturated carbocycles. The maximum absolute atomic E-state index is 12.4. The quantitative estimate of drug-likeness (QED) is 0.820. The maximum Gasteiger partial charge on any atom is 0.261 e. The fraction of sp³-hybridized carbons (Fsp3) is 0.0714. The Morgan fingerprint density at radius 2 is 1.91 bits per heavy atom. The van der Waals surface area contributed by atoms with Crippen molar-refractivity contribution in [1.29, 1.82) is 0 Å². The van der Waals surface area contributed by atoms with E-state index >= 15 is 0 Å². The van der Waals surface area contributed by atoms with Crippen molar-refractivity contribution in [2.75, 3.05) is 4.72 Å². The highest BCUT2D eigenvalue weighted by Crippen LogP contribution is 2.24. The first-order valence-corrected chi connectivity index (χ1v) is 8.74. The minimum absolute atomic E-state index is 0.0499. The Kier molecular flexibility index (Phi) is 4.79. The summed E-state index contributed by atoms with van der Waals surface area (Å²) in [5.41, 5.74) is 6.23. The van der Waals surface area contributed by atoms with Crippen molar-refractivity contribution in [3.05, 3.63) is 57.0 Å². The lowest BCUT2D eigenvalue weighted by atomic mass is 10.2. The minimum Gasteiger partial charge on any atom is -0.366 e. The number of benzene rings is 2. The molecule has 0 bridgehead atoms. The van der Waals surface area contributed by atoms with Gasteiger partial charge in [-0.2, -0.15) is 0 Å². The number of hydrogen-bond donors (Lipinski definition) is 2. The number of carbonyl (C=O) groups is 1. The number of rotatable bonds is 4. The van der Waals surface area contributed by atoms with E-state index in [2.05, 4.69) is 20.7 Å². The van der Waals surface area contributed by atoms with Crippen LogP contribution in [0.3, 0.4) is 0 Å². The molecule has 0 aliphatic carbocycles. The summed E-state index contributed by atoms with van der Waals surface area (Å²) in [5, 5.41) is 0.162. The zero-order valence-corrected chi connectivity index (χ0v) is 14.6. The summed E-state index contributed by atoms with van der Waals surface area (Å²) in [6, 6.07) is 8.83.